The van der Waals surface area contributed by atoms with Crippen molar-refractivity contribution in [3.8, 4) is 0 Å². The van der Waals surface area contributed by atoms with Gasteiger partial charge in [-0.2, -0.15) is 0 Å². The van der Waals surface area contributed by atoms with Gasteiger partial charge in [-0.05, 0) is 40.0 Å². The monoisotopic (exact) mass is 358 g/mol. The minimum atomic E-state index is -0.437. The number of amides is 1. The van der Waals surface area contributed by atoms with Gasteiger partial charge in [-0.1, -0.05) is 5.21 Å². The summed E-state index contributed by atoms with van der Waals surface area (Å²) in [5, 5.41) is 9.76. The first-order chi connectivity index (χ1) is 9.58. The average molecular weight is 359 g/mol. The molecule has 20 heavy (non-hydrogen) atoms. The van der Waals surface area contributed by atoms with E-state index in [1.165, 1.54) is 5.56 Å². The molecule has 0 atom stereocenters. The zero-order chi connectivity index (χ0) is 14.5. The van der Waals surface area contributed by atoms with Gasteiger partial charge in [0.25, 0.3) is 5.91 Å². The highest BCUT2D eigenvalue weighted by Crippen LogP contribution is 2.21. The van der Waals surface area contributed by atoms with Gasteiger partial charge >= 0.3 is 0 Å². The van der Waals surface area contributed by atoms with Gasteiger partial charge in [0.1, 0.15) is 0 Å². The summed E-state index contributed by atoms with van der Waals surface area (Å²) in [4.78, 5) is 13.4. The minimum Gasteiger partial charge on any atom is -0.300 e. The van der Waals surface area contributed by atoms with Crippen LogP contribution in [-0.2, 0) is 13.1 Å². The Bertz CT molecular complexity index is 583. The third kappa shape index (κ3) is 4.10. The molecule has 0 spiro atoms. The molecule has 2 heterocycles. The lowest BCUT2D eigenvalue weighted by Crippen LogP contribution is -2.30. The number of likely N-dealkylation sites (N-methyl/N-ethyl adjacent to an activating group) is 1. The first-order valence-corrected chi connectivity index (χ1v) is 7.58. The molecule has 0 radical (unpaired) electrons. The fraction of sp³-hybridized carbons (Fsp3) is 0.364. The number of nitrogen functional groups attached to an aromatic ring is 1. The highest BCUT2D eigenvalue weighted by atomic mass is 79.9. The second-order valence-corrected chi connectivity index (χ2v) is 6.63. The number of hydrazine groups is 1. The van der Waals surface area contributed by atoms with Crippen molar-refractivity contribution in [2.45, 2.75) is 13.1 Å². The van der Waals surface area contributed by atoms with Crippen molar-refractivity contribution in [1.82, 2.24) is 25.3 Å². The Morgan fingerprint density at radius 2 is 2.45 bits per heavy atom. The van der Waals surface area contributed by atoms with Crippen molar-refractivity contribution in [2.24, 2.45) is 5.84 Å². The number of thiophene rings is 1. The van der Waals surface area contributed by atoms with E-state index in [4.69, 9.17) is 5.84 Å². The van der Waals surface area contributed by atoms with E-state index in [1.807, 2.05) is 12.5 Å². The zero-order valence-corrected chi connectivity index (χ0v) is 13.3. The summed E-state index contributed by atoms with van der Waals surface area (Å²) in [6.45, 7) is 2.33. The molecule has 9 heteroatoms. The quantitative estimate of drug-likeness (QED) is 0.453. The summed E-state index contributed by atoms with van der Waals surface area (Å²) in [6, 6.07) is 2.11. The van der Waals surface area contributed by atoms with E-state index < -0.39 is 5.91 Å². The Morgan fingerprint density at radius 3 is 3.10 bits per heavy atom. The van der Waals surface area contributed by atoms with Crippen molar-refractivity contribution >= 4 is 33.2 Å². The molecule has 0 fully saturated rings. The van der Waals surface area contributed by atoms with Crippen LogP contribution in [0.5, 0.6) is 0 Å². The molecule has 3 N–H and O–H groups in total. The minimum absolute atomic E-state index is 0.219. The van der Waals surface area contributed by atoms with Gasteiger partial charge in [0.15, 0.2) is 5.69 Å². The third-order valence-electron chi connectivity index (χ3n) is 2.69. The molecule has 0 aliphatic carbocycles. The van der Waals surface area contributed by atoms with E-state index in [0.717, 1.165) is 16.9 Å². The molecule has 2 aromatic heterocycles. The molecule has 0 unspecified atom stereocenters. The van der Waals surface area contributed by atoms with Gasteiger partial charge < -0.3 is 4.90 Å². The van der Waals surface area contributed by atoms with Crippen molar-refractivity contribution in [1.29, 1.82) is 0 Å². The molecule has 0 aliphatic heterocycles. The number of hydrogen-bond acceptors (Lipinski definition) is 6. The van der Waals surface area contributed by atoms with Crippen LogP contribution in [0.3, 0.4) is 0 Å². The Kier molecular flexibility index (Phi) is 5.24. The largest absolute Gasteiger partial charge is 0.300 e. The van der Waals surface area contributed by atoms with Crippen molar-refractivity contribution in [3.63, 3.8) is 0 Å². The number of hydrogen-bond donors (Lipinski definition) is 2. The molecule has 0 aromatic carbocycles. The average Bonchev–Trinajstić information content (AvgIpc) is 3.05. The molecule has 0 bridgehead atoms. The fourth-order valence-corrected chi connectivity index (χ4v) is 2.88. The maximum absolute atomic E-state index is 11.2. The molecular weight excluding hydrogens is 344 g/mol. The molecule has 0 aliphatic rings. The highest BCUT2D eigenvalue weighted by molar-refractivity contribution is 9.11. The predicted molar refractivity (Wildman–Crippen MR) is 80.0 cm³/mol. The van der Waals surface area contributed by atoms with E-state index in [0.29, 0.717) is 6.54 Å². The lowest BCUT2D eigenvalue weighted by molar-refractivity contribution is 0.0948. The second-order valence-electron chi connectivity index (χ2n) is 4.34. The van der Waals surface area contributed by atoms with E-state index in [1.54, 1.807) is 22.2 Å². The smallest absolute Gasteiger partial charge is 0.287 e. The number of nitrogens with two attached hydrogens (primary N) is 1. The number of nitrogens with one attached hydrogen (secondary N) is 1. The highest BCUT2D eigenvalue weighted by Gasteiger charge is 2.09. The molecule has 7 nitrogen and oxygen atoms in total. The van der Waals surface area contributed by atoms with Crippen LogP contribution < -0.4 is 11.3 Å². The molecule has 2 aromatic rings. The second kappa shape index (κ2) is 6.93. The molecule has 0 saturated carbocycles. The molecule has 2 rings (SSSR count). The van der Waals surface area contributed by atoms with Crippen LogP contribution in [0, 0.1) is 0 Å². The van der Waals surface area contributed by atoms with Gasteiger partial charge in [-0.3, -0.25) is 14.9 Å². The predicted octanol–water partition coefficient (Wildman–Crippen LogP) is 0.838. The van der Waals surface area contributed by atoms with Gasteiger partial charge in [-0.15, -0.1) is 16.4 Å². The maximum Gasteiger partial charge on any atom is 0.287 e. The number of carbonyl (C=O) groups is 1. The molecular formula is C11H15BrN6OS. The van der Waals surface area contributed by atoms with E-state index >= 15 is 0 Å². The van der Waals surface area contributed by atoms with Crippen molar-refractivity contribution < 1.29 is 4.79 Å². The number of carbonyl (C=O) groups excluding carboxylic acids is 1. The van der Waals surface area contributed by atoms with Crippen LogP contribution in [0.2, 0.25) is 0 Å². The topological polar surface area (TPSA) is 89.1 Å². The van der Waals surface area contributed by atoms with Crippen molar-refractivity contribution in [3.05, 3.63) is 32.7 Å². The first kappa shape index (κ1) is 15.1. The lowest BCUT2D eigenvalue weighted by atomic mass is 10.3. The van der Waals surface area contributed by atoms with Gasteiger partial charge in [0.2, 0.25) is 0 Å². The van der Waals surface area contributed by atoms with Gasteiger partial charge in [0, 0.05) is 13.1 Å². The van der Waals surface area contributed by atoms with E-state index in [9.17, 15) is 4.79 Å². The third-order valence-corrected chi connectivity index (χ3v) is 4.24. The Hall–Kier alpha value is -1.29. The van der Waals surface area contributed by atoms with Crippen LogP contribution in [-0.4, -0.2) is 39.4 Å². The van der Waals surface area contributed by atoms with Gasteiger partial charge in [-0.25, -0.2) is 5.84 Å². The van der Waals surface area contributed by atoms with Crippen LogP contribution in [0.4, 0.5) is 0 Å². The number of halogens is 1. The van der Waals surface area contributed by atoms with Crippen LogP contribution in [0.1, 0.15) is 16.1 Å². The Labute approximate surface area is 128 Å². The number of aromatic nitrogens is 3. The van der Waals surface area contributed by atoms with Crippen molar-refractivity contribution in [2.75, 3.05) is 13.6 Å². The summed E-state index contributed by atoms with van der Waals surface area (Å²) in [5.74, 6) is 4.60. The molecule has 1 amide bonds. The first-order valence-electron chi connectivity index (χ1n) is 5.91. The van der Waals surface area contributed by atoms with Crippen LogP contribution >= 0.6 is 27.3 Å². The standard InChI is InChI=1S/C11H15BrN6OS/c1-17(5-8-4-10(12)20-7-8)2-3-18-6-9(15-16-18)11(19)14-13/h4,6-7H,2-3,5,13H2,1H3,(H,14,19). The summed E-state index contributed by atoms with van der Waals surface area (Å²) in [5.41, 5.74) is 3.51. The Morgan fingerprint density at radius 1 is 1.65 bits per heavy atom. The number of nitrogens with zero attached hydrogens (tertiary/aromatic N) is 4. The van der Waals surface area contributed by atoms with Crippen LogP contribution in [0.15, 0.2) is 21.4 Å². The van der Waals surface area contributed by atoms with Gasteiger partial charge in [0.05, 0.1) is 16.5 Å². The molecule has 0 saturated heterocycles. The lowest BCUT2D eigenvalue weighted by Gasteiger charge is -2.15. The van der Waals surface area contributed by atoms with Crippen LogP contribution in [0.25, 0.3) is 0 Å². The summed E-state index contributed by atoms with van der Waals surface area (Å²) < 4.78 is 2.76. The summed E-state index contributed by atoms with van der Waals surface area (Å²) in [7, 11) is 2.04. The number of rotatable bonds is 6. The fourth-order valence-electron chi connectivity index (χ4n) is 1.68. The van der Waals surface area contributed by atoms with E-state index in [-0.39, 0.29) is 5.69 Å². The Balaban J connectivity index is 1.82. The normalized spacial score (nSPS) is 11.0. The van der Waals surface area contributed by atoms with E-state index in [2.05, 4.69) is 42.6 Å². The summed E-state index contributed by atoms with van der Waals surface area (Å²) >= 11 is 5.13. The zero-order valence-electron chi connectivity index (χ0n) is 10.9. The molecule has 108 valence electrons. The summed E-state index contributed by atoms with van der Waals surface area (Å²) in [6.07, 6.45) is 1.58. The maximum atomic E-state index is 11.2. The SMILES string of the molecule is CN(CCn1cc(C(=O)NN)nn1)Cc1csc(Br)c1.